The summed E-state index contributed by atoms with van der Waals surface area (Å²) in [7, 11) is 2.05. The molecule has 8 heteroatoms. The molecule has 1 heterocycles. The summed E-state index contributed by atoms with van der Waals surface area (Å²) in [6.45, 7) is 9.40. The monoisotopic (exact) mass is 440 g/mol. The minimum absolute atomic E-state index is 0.0331. The number of carbonyl (C=O) groups is 3. The Morgan fingerprint density at radius 1 is 1.03 bits per heavy atom. The molecular weight excluding hydrogens is 400 g/mol. The Morgan fingerprint density at radius 3 is 2.27 bits per heavy atom. The summed E-state index contributed by atoms with van der Waals surface area (Å²) < 4.78 is 0. The van der Waals surface area contributed by atoms with Crippen LogP contribution in [0.2, 0.25) is 0 Å². The molecule has 1 aliphatic carbocycles. The molecule has 0 atom stereocenters. The normalized spacial score (nSPS) is 18.9. The molecule has 7 nitrogen and oxygen atoms in total. The van der Waals surface area contributed by atoms with Crippen LogP contribution >= 0.6 is 11.8 Å². The maximum atomic E-state index is 13.1. The number of hydrogen-bond acceptors (Lipinski definition) is 5. The van der Waals surface area contributed by atoms with Crippen molar-refractivity contribution >= 4 is 28.8 Å². The molecule has 0 aromatic carbocycles. The molecule has 0 aromatic heterocycles. The van der Waals surface area contributed by atoms with Crippen LogP contribution in [0.5, 0.6) is 0 Å². The van der Waals surface area contributed by atoms with Crippen molar-refractivity contribution < 1.29 is 14.4 Å². The van der Waals surface area contributed by atoms with Crippen LogP contribution in [0.25, 0.3) is 0 Å². The molecule has 0 aromatic rings. The number of rotatable bonds is 8. The molecule has 3 amide bonds. The van der Waals surface area contributed by atoms with Crippen LogP contribution in [0, 0.1) is 5.92 Å². The van der Waals surface area contributed by atoms with E-state index in [-0.39, 0.29) is 17.1 Å². The number of thioether (sulfide) groups is 1. The van der Waals surface area contributed by atoms with Crippen molar-refractivity contribution in [2.45, 2.75) is 64.8 Å². The van der Waals surface area contributed by atoms with Crippen LogP contribution in [0.1, 0.15) is 59.3 Å². The zero-order valence-corrected chi connectivity index (χ0v) is 20.1. The first-order valence-electron chi connectivity index (χ1n) is 11.4. The number of hydrogen-bond donors (Lipinski definition) is 1. The molecule has 2 aliphatic rings. The molecular formula is C22H40N4O3S. The van der Waals surface area contributed by atoms with E-state index in [4.69, 9.17) is 0 Å². The highest BCUT2D eigenvalue weighted by atomic mass is 32.2. The topological polar surface area (TPSA) is 73.0 Å². The maximum Gasteiger partial charge on any atom is 0.318 e. The number of amides is 3. The van der Waals surface area contributed by atoms with Crippen molar-refractivity contribution in [3.63, 3.8) is 0 Å². The van der Waals surface area contributed by atoms with Gasteiger partial charge >= 0.3 is 6.03 Å². The van der Waals surface area contributed by atoms with E-state index in [1.807, 2.05) is 4.90 Å². The fourth-order valence-electron chi connectivity index (χ4n) is 4.23. The lowest BCUT2D eigenvalue weighted by atomic mass is 9.87. The Balaban J connectivity index is 1.93. The summed E-state index contributed by atoms with van der Waals surface area (Å²) in [5.74, 6) is 1.23. The second-order valence-electron chi connectivity index (χ2n) is 9.27. The van der Waals surface area contributed by atoms with Gasteiger partial charge in [-0.05, 0) is 33.2 Å². The van der Waals surface area contributed by atoms with Crippen LogP contribution in [-0.4, -0.2) is 89.4 Å². The van der Waals surface area contributed by atoms with Crippen molar-refractivity contribution in [2.75, 3.05) is 52.1 Å². The lowest BCUT2D eigenvalue weighted by molar-refractivity contribution is -0.138. The number of urea groups is 1. The highest BCUT2D eigenvalue weighted by Gasteiger charge is 2.35. The largest absolute Gasteiger partial charge is 0.338 e. The van der Waals surface area contributed by atoms with Crippen molar-refractivity contribution in [3.8, 4) is 0 Å². The molecule has 0 bridgehead atoms. The van der Waals surface area contributed by atoms with E-state index in [9.17, 15) is 14.4 Å². The van der Waals surface area contributed by atoms with E-state index in [0.717, 1.165) is 19.5 Å². The Kier molecular flexibility index (Phi) is 9.94. The zero-order valence-electron chi connectivity index (χ0n) is 19.2. The van der Waals surface area contributed by atoms with Gasteiger partial charge in [0.15, 0.2) is 5.12 Å². The summed E-state index contributed by atoms with van der Waals surface area (Å²) >= 11 is 1.25. The van der Waals surface area contributed by atoms with E-state index >= 15 is 0 Å². The molecule has 1 saturated carbocycles. The summed E-state index contributed by atoms with van der Waals surface area (Å²) in [6.07, 6.45) is 7.35. The van der Waals surface area contributed by atoms with E-state index in [1.54, 1.807) is 25.7 Å². The SMILES string of the molecule is CC(=O)SCCN(CCC1CCCCC1)C(=O)NC(C)(C)C(=O)N1CCN(C)CC1. The van der Waals surface area contributed by atoms with E-state index in [2.05, 4.69) is 17.3 Å². The molecule has 0 spiro atoms. The Labute approximate surface area is 186 Å². The van der Waals surface area contributed by atoms with Crippen molar-refractivity contribution in [1.29, 1.82) is 0 Å². The average Bonchev–Trinajstić information content (AvgIpc) is 2.70. The first-order valence-corrected chi connectivity index (χ1v) is 12.4. The third-order valence-electron chi connectivity index (χ3n) is 6.23. The van der Waals surface area contributed by atoms with Gasteiger partial charge in [-0.3, -0.25) is 9.59 Å². The summed E-state index contributed by atoms with van der Waals surface area (Å²) in [5.41, 5.74) is -0.955. The standard InChI is InChI=1S/C22H40N4O3S/c1-18(27)30-17-16-26(11-10-19-8-6-5-7-9-19)21(29)23-22(2,3)20(28)25-14-12-24(4)13-15-25/h19H,5-17H2,1-4H3,(H,23,29). The van der Waals surface area contributed by atoms with Gasteiger partial charge in [0, 0.05) is 51.9 Å². The van der Waals surface area contributed by atoms with Crippen molar-refractivity contribution in [2.24, 2.45) is 5.92 Å². The molecule has 0 unspecified atom stereocenters. The van der Waals surface area contributed by atoms with Gasteiger partial charge in [-0.2, -0.15) is 0 Å². The fourth-order valence-corrected chi connectivity index (χ4v) is 4.83. The first kappa shape index (κ1) is 25.0. The van der Waals surface area contributed by atoms with Crippen molar-refractivity contribution in [3.05, 3.63) is 0 Å². The van der Waals surface area contributed by atoms with Gasteiger partial charge in [-0.1, -0.05) is 43.9 Å². The molecule has 2 fully saturated rings. The predicted molar refractivity (Wildman–Crippen MR) is 123 cm³/mol. The first-order chi connectivity index (χ1) is 14.2. The summed E-state index contributed by atoms with van der Waals surface area (Å²) in [4.78, 5) is 43.3. The van der Waals surface area contributed by atoms with Gasteiger partial charge in [0.2, 0.25) is 5.91 Å². The lowest BCUT2D eigenvalue weighted by Gasteiger charge is -2.38. The maximum absolute atomic E-state index is 13.1. The van der Waals surface area contributed by atoms with Crippen molar-refractivity contribution in [1.82, 2.24) is 20.0 Å². The molecule has 0 radical (unpaired) electrons. The number of nitrogens with one attached hydrogen (secondary N) is 1. The van der Waals surface area contributed by atoms with E-state index in [1.165, 1.54) is 43.9 Å². The lowest BCUT2D eigenvalue weighted by Crippen LogP contribution is -2.61. The third-order valence-corrected chi connectivity index (χ3v) is 7.02. The van der Waals surface area contributed by atoms with Gasteiger partial charge < -0.3 is 20.0 Å². The van der Waals surface area contributed by atoms with Crippen LogP contribution in [0.4, 0.5) is 4.79 Å². The summed E-state index contributed by atoms with van der Waals surface area (Å²) in [5, 5.41) is 3.04. The molecule has 2 rings (SSSR count). The minimum Gasteiger partial charge on any atom is -0.338 e. The number of likely N-dealkylation sites (N-methyl/N-ethyl adjacent to an activating group) is 1. The van der Waals surface area contributed by atoms with Gasteiger partial charge in [0.05, 0.1) is 0 Å². The summed E-state index contributed by atoms with van der Waals surface area (Å²) in [6, 6.07) is -0.206. The van der Waals surface area contributed by atoms with Crippen LogP contribution in [-0.2, 0) is 9.59 Å². The van der Waals surface area contributed by atoms with Crippen LogP contribution in [0.15, 0.2) is 0 Å². The van der Waals surface area contributed by atoms with Gasteiger partial charge in [-0.25, -0.2) is 4.79 Å². The second-order valence-corrected chi connectivity index (χ2v) is 10.5. The van der Waals surface area contributed by atoms with Crippen LogP contribution in [0.3, 0.4) is 0 Å². The van der Waals surface area contributed by atoms with Gasteiger partial charge in [-0.15, -0.1) is 0 Å². The van der Waals surface area contributed by atoms with Crippen LogP contribution < -0.4 is 5.32 Å². The third kappa shape index (κ3) is 8.10. The fraction of sp³-hybridized carbons (Fsp3) is 0.864. The quantitative estimate of drug-likeness (QED) is 0.628. The number of carbonyl (C=O) groups excluding carboxylic acids is 3. The van der Waals surface area contributed by atoms with Gasteiger partial charge in [0.1, 0.15) is 5.54 Å². The van der Waals surface area contributed by atoms with Gasteiger partial charge in [0.25, 0.3) is 0 Å². The number of nitrogens with zero attached hydrogens (tertiary/aromatic N) is 3. The zero-order chi connectivity index (χ0) is 22.1. The number of piperazine rings is 1. The Morgan fingerprint density at radius 2 is 1.67 bits per heavy atom. The molecule has 1 N–H and O–H groups in total. The average molecular weight is 441 g/mol. The Bertz CT molecular complexity index is 585. The smallest absolute Gasteiger partial charge is 0.318 e. The molecule has 1 saturated heterocycles. The highest BCUT2D eigenvalue weighted by molar-refractivity contribution is 8.13. The Hall–Kier alpha value is -1.28. The minimum atomic E-state index is -0.955. The second kappa shape index (κ2) is 11.9. The predicted octanol–water partition coefficient (Wildman–Crippen LogP) is 2.80. The van der Waals surface area contributed by atoms with E-state index in [0.29, 0.717) is 37.8 Å². The molecule has 30 heavy (non-hydrogen) atoms. The highest BCUT2D eigenvalue weighted by Crippen LogP contribution is 2.26. The molecule has 172 valence electrons. The van der Waals surface area contributed by atoms with E-state index < -0.39 is 5.54 Å². The molecule has 1 aliphatic heterocycles.